The molecule has 2 atom stereocenters. The Hall–Kier alpha value is -2.27. The largest absolute Gasteiger partial charge is 0.338 e. The van der Waals surface area contributed by atoms with E-state index in [1.807, 2.05) is 25.1 Å². The molecule has 1 saturated heterocycles. The van der Waals surface area contributed by atoms with Crippen LogP contribution in [0.3, 0.4) is 0 Å². The lowest BCUT2D eigenvalue weighted by atomic mass is 10.0. The minimum atomic E-state index is -0.890. The third-order valence-corrected chi connectivity index (χ3v) is 5.29. The number of hydrogen-bond acceptors (Lipinski definition) is 2. The third-order valence-electron chi connectivity index (χ3n) is 5.29. The molecule has 2 unspecified atom stereocenters. The fourth-order valence-electron chi connectivity index (χ4n) is 3.57. The summed E-state index contributed by atoms with van der Waals surface area (Å²) in [6.45, 7) is 3.03. The van der Waals surface area contributed by atoms with Gasteiger partial charge >= 0.3 is 0 Å². The summed E-state index contributed by atoms with van der Waals surface area (Å²) >= 11 is 0. The summed E-state index contributed by atoms with van der Waals surface area (Å²) in [5.74, 6) is -1.79. The number of amides is 1. The normalized spacial score (nSPS) is 18.7. The van der Waals surface area contributed by atoms with E-state index in [-0.39, 0.29) is 18.0 Å². The Labute approximate surface area is 153 Å². The molecule has 1 amide bonds. The van der Waals surface area contributed by atoms with Crippen molar-refractivity contribution in [3.63, 3.8) is 0 Å². The summed E-state index contributed by atoms with van der Waals surface area (Å²) in [7, 11) is 1.71. The van der Waals surface area contributed by atoms with E-state index in [2.05, 4.69) is 17.0 Å². The number of halogens is 2. The van der Waals surface area contributed by atoms with E-state index in [1.54, 1.807) is 11.9 Å². The maximum absolute atomic E-state index is 13.5. The topological polar surface area (TPSA) is 23.6 Å². The molecule has 2 aromatic carbocycles. The SMILES string of the molecule is CC(c1ccc(F)c(F)c1)N(C)C(=O)CN1CCCC1c1ccccc1. The number of hydrogen-bond donors (Lipinski definition) is 0. The van der Waals surface area contributed by atoms with Crippen molar-refractivity contribution in [1.29, 1.82) is 0 Å². The highest BCUT2D eigenvalue weighted by Crippen LogP contribution is 2.32. The van der Waals surface area contributed by atoms with Crippen molar-refractivity contribution < 1.29 is 13.6 Å². The summed E-state index contributed by atoms with van der Waals surface area (Å²) in [5, 5.41) is 0. The number of rotatable bonds is 5. The zero-order valence-electron chi connectivity index (χ0n) is 15.2. The fraction of sp³-hybridized carbons (Fsp3) is 0.381. The van der Waals surface area contributed by atoms with Gasteiger partial charge in [0.2, 0.25) is 5.91 Å². The van der Waals surface area contributed by atoms with Crippen molar-refractivity contribution in [2.75, 3.05) is 20.1 Å². The van der Waals surface area contributed by atoms with Crippen molar-refractivity contribution in [2.24, 2.45) is 0 Å². The highest BCUT2D eigenvalue weighted by molar-refractivity contribution is 5.78. The number of likely N-dealkylation sites (N-methyl/N-ethyl adjacent to an activating group) is 1. The van der Waals surface area contributed by atoms with E-state index < -0.39 is 11.6 Å². The van der Waals surface area contributed by atoms with E-state index in [0.717, 1.165) is 31.5 Å². The molecule has 3 nitrogen and oxygen atoms in total. The first-order chi connectivity index (χ1) is 12.5. The van der Waals surface area contributed by atoms with E-state index in [9.17, 15) is 13.6 Å². The second-order valence-corrected chi connectivity index (χ2v) is 6.89. The second-order valence-electron chi connectivity index (χ2n) is 6.89. The highest BCUT2D eigenvalue weighted by Gasteiger charge is 2.29. The van der Waals surface area contributed by atoms with Gasteiger partial charge in [0.05, 0.1) is 12.6 Å². The van der Waals surface area contributed by atoms with Gasteiger partial charge in [0.1, 0.15) is 0 Å². The Morgan fingerprint density at radius 3 is 2.62 bits per heavy atom. The second kappa shape index (κ2) is 7.96. The smallest absolute Gasteiger partial charge is 0.237 e. The van der Waals surface area contributed by atoms with Crippen LogP contribution >= 0.6 is 0 Å². The van der Waals surface area contributed by atoms with Crippen LogP contribution in [-0.2, 0) is 4.79 Å². The molecule has 0 saturated carbocycles. The lowest BCUT2D eigenvalue weighted by molar-refractivity contribution is -0.133. The molecule has 138 valence electrons. The lowest BCUT2D eigenvalue weighted by Crippen LogP contribution is -2.39. The van der Waals surface area contributed by atoms with Crippen LogP contribution in [0.1, 0.15) is 43.0 Å². The van der Waals surface area contributed by atoms with Crippen LogP contribution in [0.15, 0.2) is 48.5 Å². The molecule has 26 heavy (non-hydrogen) atoms. The van der Waals surface area contributed by atoms with Gasteiger partial charge in [0, 0.05) is 13.1 Å². The van der Waals surface area contributed by atoms with Gasteiger partial charge in [-0.25, -0.2) is 8.78 Å². The first-order valence-corrected chi connectivity index (χ1v) is 8.97. The quantitative estimate of drug-likeness (QED) is 0.795. The average molecular weight is 358 g/mol. The summed E-state index contributed by atoms with van der Waals surface area (Å²) in [4.78, 5) is 16.6. The Kier molecular flexibility index (Phi) is 5.67. The van der Waals surface area contributed by atoms with Crippen LogP contribution < -0.4 is 0 Å². The predicted molar refractivity (Wildman–Crippen MR) is 97.5 cm³/mol. The molecular weight excluding hydrogens is 334 g/mol. The Balaban J connectivity index is 1.67. The Morgan fingerprint density at radius 2 is 1.92 bits per heavy atom. The maximum atomic E-state index is 13.5. The number of benzene rings is 2. The standard InChI is InChI=1S/C21H24F2N2O/c1-15(17-10-11-18(22)19(23)13-17)24(2)21(26)14-25-12-6-9-20(25)16-7-4-3-5-8-16/h3-5,7-8,10-11,13,15,20H,6,9,12,14H2,1-2H3. The zero-order chi connectivity index (χ0) is 18.7. The third kappa shape index (κ3) is 3.93. The van der Waals surface area contributed by atoms with Crippen LogP contribution in [0.25, 0.3) is 0 Å². The molecule has 0 aromatic heterocycles. The molecule has 1 heterocycles. The molecule has 3 rings (SSSR count). The molecule has 0 aliphatic carbocycles. The van der Waals surface area contributed by atoms with E-state index in [4.69, 9.17) is 0 Å². The average Bonchev–Trinajstić information content (AvgIpc) is 3.11. The van der Waals surface area contributed by atoms with Crippen LogP contribution in [-0.4, -0.2) is 35.8 Å². The monoisotopic (exact) mass is 358 g/mol. The molecule has 2 aromatic rings. The minimum Gasteiger partial charge on any atom is -0.338 e. The van der Waals surface area contributed by atoms with E-state index in [1.165, 1.54) is 11.6 Å². The number of nitrogens with zero attached hydrogens (tertiary/aromatic N) is 2. The van der Waals surface area contributed by atoms with Gasteiger partial charge in [-0.1, -0.05) is 36.4 Å². The molecular formula is C21H24F2N2O. The molecule has 1 fully saturated rings. The van der Waals surface area contributed by atoms with Crippen molar-refractivity contribution in [3.8, 4) is 0 Å². The van der Waals surface area contributed by atoms with E-state index >= 15 is 0 Å². The summed E-state index contributed by atoms with van der Waals surface area (Å²) in [6.07, 6.45) is 2.11. The number of carbonyl (C=O) groups excluding carboxylic acids is 1. The van der Waals surface area contributed by atoms with Gasteiger partial charge in [-0.15, -0.1) is 0 Å². The predicted octanol–water partition coefficient (Wildman–Crippen LogP) is 4.32. The highest BCUT2D eigenvalue weighted by atomic mass is 19.2. The van der Waals surface area contributed by atoms with E-state index in [0.29, 0.717) is 12.1 Å². The molecule has 1 aliphatic rings. The fourth-order valence-corrected chi connectivity index (χ4v) is 3.57. The maximum Gasteiger partial charge on any atom is 0.237 e. The van der Waals surface area contributed by atoms with Gasteiger partial charge in [0.15, 0.2) is 11.6 Å². The van der Waals surface area contributed by atoms with Crippen molar-refractivity contribution in [3.05, 3.63) is 71.3 Å². The zero-order valence-corrected chi connectivity index (χ0v) is 15.2. The molecule has 0 radical (unpaired) electrons. The Morgan fingerprint density at radius 1 is 1.19 bits per heavy atom. The van der Waals surface area contributed by atoms with Gasteiger partial charge < -0.3 is 4.90 Å². The van der Waals surface area contributed by atoms with Crippen molar-refractivity contribution >= 4 is 5.91 Å². The Bertz CT molecular complexity index is 766. The van der Waals surface area contributed by atoms with Gasteiger partial charge in [-0.3, -0.25) is 9.69 Å². The van der Waals surface area contributed by atoms with Crippen molar-refractivity contribution in [1.82, 2.24) is 9.80 Å². The van der Waals surface area contributed by atoms with Crippen LogP contribution in [0.2, 0.25) is 0 Å². The summed E-state index contributed by atoms with van der Waals surface area (Å²) < 4.78 is 26.6. The van der Waals surface area contributed by atoms with Gasteiger partial charge in [-0.2, -0.15) is 0 Å². The van der Waals surface area contributed by atoms with Crippen molar-refractivity contribution in [2.45, 2.75) is 31.8 Å². The summed E-state index contributed by atoms with van der Waals surface area (Å²) in [5.41, 5.74) is 1.81. The molecule has 5 heteroatoms. The molecule has 0 bridgehead atoms. The summed E-state index contributed by atoms with van der Waals surface area (Å²) in [6, 6.07) is 13.9. The molecule has 0 spiro atoms. The lowest BCUT2D eigenvalue weighted by Gasteiger charge is -2.30. The number of carbonyl (C=O) groups is 1. The first kappa shape index (κ1) is 18.5. The van der Waals surface area contributed by atoms with Crippen LogP contribution in [0.5, 0.6) is 0 Å². The minimum absolute atomic E-state index is 0.0231. The van der Waals surface area contributed by atoms with Crippen LogP contribution in [0.4, 0.5) is 8.78 Å². The van der Waals surface area contributed by atoms with Gasteiger partial charge in [0.25, 0.3) is 0 Å². The molecule has 0 N–H and O–H groups in total. The molecule has 1 aliphatic heterocycles. The number of likely N-dealkylation sites (tertiary alicyclic amines) is 1. The first-order valence-electron chi connectivity index (χ1n) is 8.97. The van der Waals surface area contributed by atoms with Crippen LogP contribution in [0, 0.1) is 11.6 Å². The van der Waals surface area contributed by atoms with Gasteiger partial charge in [-0.05, 0) is 49.6 Å².